The van der Waals surface area contributed by atoms with E-state index in [2.05, 4.69) is 17.0 Å². The van der Waals surface area contributed by atoms with E-state index in [-0.39, 0.29) is 0 Å². The van der Waals surface area contributed by atoms with Gasteiger partial charge in [-0.1, -0.05) is 30.3 Å². The van der Waals surface area contributed by atoms with Gasteiger partial charge in [-0.25, -0.2) is 0 Å². The summed E-state index contributed by atoms with van der Waals surface area (Å²) in [7, 11) is 5.07. The highest BCUT2D eigenvalue weighted by atomic mass is 16.5. The van der Waals surface area contributed by atoms with Crippen molar-refractivity contribution < 1.29 is 14.6 Å². The molecule has 1 atom stereocenters. The number of para-hydroxylation sites is 1. The Kier molecular flexibility index (Phi) is 5.39. The second kappa shape index (κ2) is 8.13. The quantitative estimate of drug-likeness (QED) is 0.843. The van der Waals surface area contributed by atoms with Gasteiger partial charge in [0, 0.05) is 31.4 Å². The monoisotopic (exact) mass is 403 g/mol. The lowest BCUT2D eigenvalue weighted by Crippen LogP contribution is -2.40. The minimum absolute atomic E-state index is 0.388. The molecule has 2 aliphatic heterocycles. The lowest BCUT2D eigenvalue weighted by Gasteiger charge is -2.39. The highest BCUT2D eigenvalue weighted by Crippen LogP contribution is 2.40. The minimum Gasteiger partial charge on any atom is -0.493 e. The van der Waals surface area contributed by atoms with Crippen molar-refractivity contribution in [3.05, 3.63) is 65.2 Å². The molecule has 2 aliphatic rings. The van der Waals surface area contributed by atoms with Crippen molar-refractivity contribution in [3.8, 4) is 17.6 Å². The molecule has 0 saturated carbocycles. The summed E-state index contributed by atoms with van der Waals surface area (Å²) in [4.78, 5) is 3.92. The largest absolute Gasteiger partial charge is 0.493 e. The summed E-state index contributed by atoms with van der Waals surface area (Å²) in [6, 6.07) is 16.1. The van der Waals surface area contributed by atoms with E-state index >= 15 is 0 Å². The molecule has 0 fully saturated rings. The van der Waals surface area contributed by atoms with Crippen LogP contribution in [-0.2, 0) is 0 Å². The predicted molar refractivity (Wildman–Crippen MR) is 117 cm³/mol. The van der Waals surface area contributed by atoms with E-state index in [1.807, 2.05) is 49.5 Å². The van der Waals surface area contributed by atoms with Crippen LogP contribution in [0.4, 0.5) is 5.69 Å². The first kappa shape index (κ1) is 19.9. The zero-order valence-corrected chi connectivity index (χ0v) is 17.4. The Hall–Kier alpha value is -3.43. The maximum Gasteiger partial charge on any atom is 0.165 e. The van der Waals surface area contributed by atoms with Crippen LogP contribution in [0, 0.1) is 11.3 Å². The van der Waals surface area contributed by atoms with Crippen LogP contribution in [0.15, 0.2) is 54.1 Å². The molecular weight excluding hydrogens is 378 g/mol. The van der Waals surface area contributed by atoms with Crippen LogP contribution in [0.25, 0.3) is 11.3 Å². The van der Waals surface area contributed by atoms with Crippen LogP contribution in [-0.4, -0.2) is 50.6 Å². The number of anilines is 1. The number of hydrogen-bond donors (Lipinski definition) is 1. The number of aliphatic hydroxyl groups excluding tert-OH is 1. The maximum atomic E-state index is 10.7. The lowest BCUT2D eigenvalue weighted by molar-refractivity contribution is 0.212. The Morgan fingerprint density at radius 3 is 2.53 bits per heavy atom. The van der Waals surface area contributed by atoms with E-state index in [4.69, 9.17) is 9.47 Å². The number of aliphatic hydroxyl groups is 1. The van der Waals surface area contributed by atoms with Crippen LogP contribution >= 0.6 is 0 Å². The summed E-state index contributed by atoms with van der Waals surface area (Å²) in [6.07, 6.45) is 2.06. The predicted octanol–water partition coefficient (Wildman–Crippen LogP) is 3.50. The molecule has 0 amide bonds. The Bertz CT molecular complexity index is 1070. The minimum atomic E-state index is -0.948. The fourth-order valence-corrected chi connectivity index (χ4v) is 4.20. The number of methoxy groups -OCH3 is 2. The van der Waals surface area contributed by atoms with Gasteiger partial charge in [-0.3, -0.25) is 0 Å². The number of nitrogens with zero attached hydrogens (tertiary/aromatic N) is 3. The van der Waals surface area contributed by atoms with Crippen molar-refractivity contribution in [2.75, 3.05) is 39.3 Å². The van der Waals surface area contributed by atoms with E-state index in [0.717, 1.165) is 35.5 Å². The summed E-state index contributed by atoms with van der Waals surface area (Å²) in [5.74, 6) is 1.42. The Morgan fingerprint density at radius 1 is 1.10 bits per heavy atom. The average Bonchev–Trinajstić information content (AvgIpc) is 2.81. The second-order valence-electron chi connectivity index (χ2n) is 7.37. The van der Waals surface area contributed by atoms with Crippen LogP contribution in [0.3, 0.4) is 0 Å². The van der Waals surface area contributed by atoms with Crippen LogP contribution in [0.2, 0.25) is 0 Å². The van der Waals surface area contributed by atoms with Crippen molar-refractivity contribution in [1.29, 1.82) is 5.26 Å². The molecular formula is C24H25N3O3. The number of fused-ring (bicyclic) bond motifs is 1. The molecule has 0 spiro atoms. The number of nitriles is 1. The third kappa shape index (κ3) is 3.27. The first-order valence-electron chi connectivity index (χ1n) is 9.90. The molecule has 0 bridgehead atoms. The van der Waals surface area contributed by atoms with Gasteiger partial charge in [0.15, 0.2) is 17.7 Å². The Labute approximate surface area is 176 Å². The molecule has 1 unspecified atom stereocenters. The normalized spacial score (nSPS) is 18.5. The van der Waals surface area contributed by atoms with Gasteiger partial charge in [0.1, 0.15) is 11.6 Å². The van der Waals surface area contributed by atoms with Crippen molar-refractivity contribution in [1.82, 2.24) is 4.90 Å². The summed E-state index contributed by atoms with van der Waals surface area (Å²) >= 11 is 0. The van der Waals surface area contributed by atoms with Gasteiger partial charge < -0.3 is 24.4 Å². The highest BCUT2D eigenvalue weighted by Gasteiger charge is 2.33. The molecule has 2 heterocycles. The molecule has 0 saturated heterocycles. The Balaban J connectivity index is 1.67. The van der Waals surface area contributed by atoms with E-state index in [9.17, 15) is 10.4 Å². The van der Waals surface area contributed by atoms with Gasteiger partial charge in [0.05, 0.1) is 19.9 Å². The van der Waals surface area contributed by atoms with Gasteiger partial charge >= 0.3 is 0 Å². The van der Waals surface area contributed by atoms with E-state index < -0.39 is 6.23 Å². The molecule has 0 aromatic heterocycles. The molecule has 1 N–H and O–H groups in total. The first-order valence-corrected chi connectivity index (χ1v) is 9.90. The molecule has 154 valence electrons. The number of benzene rings is 2. The van der Waals surface area contributed by atoms with Crippen molar-refractivity contribution in [3.63, 3.8) is 0 Å². The van der Waals surface area contributed by atoms with Crippen LogP contribution in [0.1, 0.15) is 17.5 Å². The fourth-order valence-electron chi connectivity index (χ4n) is 4.20. The van der Waals surface area contributed by atoms with E-state index in [1.54, 1.807) is 19.1 Å². The molecule has 2 aromatic rings. The van der Waals surface area contributed by atoms with Gasteiger partial charge in [-0.05, 0) is 35.8 Å². The number of ether oxygens (including phenoxy) is 2. The van der Waals surface area contributed by atoms with Crippen molar-refractivity contribution >= 4 is 17.0 Å². The Morgan fingerprint density at radius 2 is 1.87 bits per heavy atom. The van der Waals surface area contributed by atoms with Gasteiger partial charge in [0.2, 0.25) is 0 Å². The maximum absolute atomic E-state index is 10.7. The molecule has 0 radical (unpaired) electrons. The zero-order chi connectivity index (χ0) is 21.3. The zero-order valence-electron chi connectivity index (χ0n) is 17.4. The third-order valence-electron chi connectivity index (χ3n) is 5.82. The van der Waals surface area contributed by atoms with Gasteiger partial charge in [0.25, 0.3) is 0 Å². The molecule has 30 heavy (non-hydrogen) atoms. The summed E-state index contributed by atoms with van der Waals surface area (Å²) in [6.45, 7) is 1.42. The molecule has 6 nitrogen and oxygen atoms in total. The highest BCUT2D eigenvalue weighted by molar-refractivity contribution is 5.84. The molecule has 4 rings (SSSR count). The SMILES string of the molecule is COc1ccc(C2=CCN(C3=C(C#N)C(O)N(C)c4ccccc43)CC2)cc1OC. The van der Waals surface area contributed by atoms with Crippen LogP contribution < -0.4 is 14.4 Å². The smallest absolute Gasteiger partial charge is 0.165 e. The standard InChI is InChI=1S/C24H25N3O3/c1-26-20-7-5-4-6-18(20)23(19(15-25)24(26)28)27-12-10-16(11-13-27)17-8-9-21(29-2)22(14-17)30-3/h4-10,14,24,28H,11-13H2,1-3H3. The summed E-state index contributed by atoms with van der Waals surface area (Å²) in [5.41, 5.74) is 5.44. The molecule has 2 aromatic carbocycles. The van der Waals surface area contributed by atoms with E-state index in [1.165, 1.54) is 5.57 Å². The topological polar surface area (TPSA) is 69.0 Å². The van der Waals surface area contributed by atoms with Gasteiger partial charge in [-0.15, -0.1) is 0 Å². The lowest BCUT2D eigenvalue weighted by atomic mass is 9.94. The molecule has 6 heteroatoms. The van der Waals surface area contributed by atoms with Crippen molar-refractivity contribution in [2.24, 2.45) is 0 Å². The summed E-state index contributed by atoms with van der Waals surface area (Å²) in [5, 5.41) is 20.5. The second-order valence-corrected chi connectivity index (χ2v) is 7.37. The first-order chi connectivity index (χ1) is 14.6. The third-order valence-corrected chi connectivity index (χ3v) is 5.82. The summed E-state index contributed by atoms with van der Waals surface area (Å²) < 4.78 is 10.8. The molecule has 0 aliphatic carbocycles. The fraction of sp³-hybridized carbons (Fsp3) is 0.292. The number of rotatable bonds is 4. The number of likely N-dealkylation sites (N-methyl/N-ethyl adjacent to an activating group) is 1. The number of hydrogen-bond acceptors (Lipinski definition) is 6. The van der Waals surface area contributed by atoms with E-state index in [0.29, 0.717) is 23.6 Å². The van der Waals surface area contributed by atoms with Crippen molar-refractivity contribution in [2.45, 2.75) is 12.6 Å². The average molecular weight is 403 g/mol. The van der Waals surface area contributed by atoms with Gasteiger partial charge in [-0.2, -0.15) is 5.26 Å². The van der Waals surface area contributed by atoms with Crippen LogP contribution in [0.5, 0.6) is 11.5 Å².